The Morgan fingerprint density at radius 3 is 3.00 bits per heavy atom. The average Bonchev–Trinajstić information content (AvgIpc) is 2.93. The number of hydrogen-bond acceptors (Lipinski definition) is 3. The van der Waals surface area contributed by atoms with E-state index in [9.17, 15) is 0 Å². The van der Waals surface area contributed by atoms with Gasteiger partial charge in [-0.1, -0.05) is 6.07 Å². The van der Waals surface area contributed by atoms with E-state index in [0.29, 0.717) is 6.04 Å². The fourth-order valence-corrected chi connectivity index (χ4v) is 3.01. The maximum absolute atomic E-state index is 6.02. The second kappa shape index (κ2) is 4.85. The molecule has 0 radical (unpaired) electrons. The summed E-state index contributed by atoms with van der Waals surface area (Å²) in [5, 5.41) is 0. The van der Waals surface area contributed by atoms with E-state index in [4.69, 9.17) is 10.7 Å². The van der Waals surface area contributed by atoms with E-state index in [-0.39, 0.29) is 6.04 Å². The van der Waals surface area contributed by atoms with Crippen molar-refractivity contribution in [2.45, 2.75) is 45.2 Å². The van der Waals surface area contributed by atoms with Gasteiger partial charge in [-0.25, -0.2) is 4.98 Å². The summed E-state index contributed by atoms with van der Waals surface area (Å²) < 4.78 is 2.18. The Morgan fingerprint density at radius 2 is 2.32 bits per heavy atom. The molecule has 2 atom stereocenters. The molecule has 0 amide bonds. The van der Waals surface area contributed by atoms with Gasteiger partial charge in [-0.15, -0.1) is 0 Å². The van der Waals surface area contributed by atoms with Crippen molar-refractivity contribution in [1.29, 1.82) is 0 Å². The predicted molar refractivity (Wildman–Crippen MR) is 78.6 cm³/mol. The van der Waals surface area contributed by atoms with Crippen molar-refractivity contribution in [2.24, 2.45) is 5.73 Å². The number of nitrogens with zero attached hydrogens (tertiary/aromatic N) is 3. The molecule has 0 saturated carbocycles. The van der Waals surface area contributed by atoms with E-state index in [1.165, 1.54) is 18.5 Å². The summed E-state index contributed by atoms with van der Waals surface area (Å²) in [6, 6.07) is 6.88. The van der Waals surface area contributed by atoms with E-state index < -0.39 is 0 Å². The Balaban J connectivity index is 2.11. The molecule has 0 aliphatic carbocycles. The minimum Gasteiger partial charge on any atom is -0.352 e. The van der Waals surface area contributed by atoms with Gasteiger partial charge in [-0.05, 0) is 38.8 Å². The van der Waals surface area contributed by atoms with Crippen LogP contribution in [-0.2, 0) is 6.42 Å². The lowest BCUT2D eigenvalue weighted by molar-refractivity contribution is 0.695. The molecule has 2 unspecified atom stereocenters. The molecule has 102 valence electrons. The molecule has 0 aromatic carbocycles. The molecule has 4 nitrogen and oxygen atoms in total. The van der Waals surface area contributed by atoms with Crippen molar-refractivity contribution < 1.29 is 0 Å². The lowest BCUT2D eigenvalue weighted by Crippen LogP contribution is -2.29. The Hall–Kier alpha value is -1.55. The molecule has 3 heterocycles. The van der Waals surface area contributed by atoms with Gasteiger partial charge in [0, 0.05) is 31.2 Å². The number of nitrogens with two attached hydrogens (primary N) is 1. The van der Waals surface area contributed by atoms with Crippen molar-refractivity contribution in [1.82, 2.24) is 9.38 Å². The van der Waals surface area contributed by atoms with Crippen molar-refractivity contribution in [2.75, 3.05) is 11.4 Å². The summed E-state index contributed by atoms with van der Waals surface area (Å²) in [5.41, 5.74) is 8.29. The molecule has 2 N–H and O–H groups in total. The van der Waals surface area contributed by atoms with Gasteiger partial charge in [-0.3, -0.25) is 0 Å². The van der Waals surface area contributed by atoms with Crippen LogP contribution in [0.3, 0.4) is 0 Å². The average molecular weight is 258 g/mol. The molecule has 1 aliphatic heterocycles. The number of imidazole rings is 1. The molecular formula is C15H22N4. The van der Waals surface area contributed by atoms with Gasteiger partial charge >= 0.3 is 0 Å². The van der Waals surface area contributed by atoms with Crippen LogP contribution < -0.4 is 10.6 Å². The maximum Gasteiger partial charge on any atom is 0.151 e. The van der Waals surface area contributed by atoms with Crippen LogP contribution in [0.4, 0.5) is 5.82 Å². The molecule has 2 aromatic heterocycles. The monoisotopic (exact) mass is 258 g/mol. The first-order valence-corrected chi connectivity index (χ1v) is 7.15. The zero-order valence-electron chi connectivity index (χ0n) is 11.7. The van der Waals surface area contributed by atoms with Crippen LogP contribution in [0, 0.1) is 0 Å². The molecule has 0 bridgehead atoms. The maximum atomic E-state index is 6.02. The lowest BCUT2D eigenvalue weighted by Gasteiger charge is -2.23. The third-order valence-electron chi connectivity index (χ3n) is 3.95. The van der Waals surface area contributed by atoms with Crippen LogP contribution in [0.1, 0.15) is 32.4 Å². The first-order valence-electron chi connectivity index (χ1n) is 7.15. The molecule has 1 aliphatic rings. The Kier molecular flexibility index (Phi) is 3.19. The Morgan fingerprint density at radius 1 is 1.47 bits per heavy atom. The Bertz CT molecular complexity index is 573. The fraction of sp³-hybridized carbons (Fsp3) is 0.533. The van der Waals surface area contributed by atoms with Crippen LogP contribution in [-0.4, -0.2) is 28.0 Å². The highest BCUT2D eigenvalue weighted by molar-refractivity contribution is 5.57. The van der Waals surface area contributed by atoms with Gasteiger partial charge in [0.2, 0.25) is 0 Å². The normalized spacial score (nSPS) is 21.2. The zero-order chi connectivity index (χ0) is 13.4. The number of rotatable bonds is 3. The van der Waals surface area contributed by atoms with Crippen LogP contribution in [0.25, 0.3) is 5.65 Å². The van der Waals surface area contributed by atoms with Crippen molar-refractivity contribution in [3.63, 3.8) is 0 Å². The third kappa shape index (κ3) is 2.21. The van der Waals surface area contributed by atoms with E-state index >= 15 is 0 Å². The smallest absolute Gasteiger partial charge is 0.151 e. The van der Waals surface area contributed by atoms with E-state index in [0.717, 1.165) is 24.4 Å². The lowest BCUT2D eigenvalue weighted by atomic mass is 10.2. The van der Waals surface area contributed by atoms with E-state index in [1.807, 2.05) is 6.07 Å². The highest BCUT2D eigenvalue weighted by Crippen LogP contribution is 2.29. The number of fused-ring (bicyclic) bond motifs is 1. The van der Waals surface area contributed by atoms with Gasteiger partial charge in [0.25, 0.3) is 0 Å². The summed E-state index contributed by atoms with van der Waals surface area (Å²) in [5.74, 6) is 1.13. The van der Waals surface area contributed by atoms with Crippen molar-refractivity contribution in [3.05, 3.63) is 30.1 Å². The second-order valence-corrected chi connectivity index (χ2v) is 5.68. The van der Waals surface area contributed by atoms with Crippen LogP contribution in [0.2, 0.25) is 0 Å². The quantitative estimate of drug-likeness (QED) is 0.918. The topological polar surface area (TPSA) is 46.6 Å². The first kappa shape index (κ1) is 12.5. The molecule has 1 saturated heterocycles. The highest BCUT2D eigenvalue weighted by atomic mass is 15.3. The van der Waals surface area contributed by atoms with Gasteiger partial charge in [0.1, 0.15) is 5.65 Å². The summed E-state index contributed by atoms with van der Waals surface area (Å²) >= 11 is 0. The molecule has 19 heavy (non-hydrogen) atoms. The summed E-state index contributed by atoms with van der Waals surface area (Å²) in [4.78, 5) is 7.27. The number of aromatic nitrogens is 2. The first-order chi connectivity index (χ1) is 9.16. The fourth-order valence-electron chi connectivity index (χ4n) is 3.01. The van der Waals surface area contributed by atoms with Crippen molar-refractivity contribution >= 4 is 11.5 Å². The number of pyridine rings is 1. The highest BCUT2D eigenvalue weighted by Gasteiger charge is 2.26. The van der Waals surface area contributed by atoms with Gasteiger partial charge in [-0.2, -0.15) is 0 Å². The van der Waals surface area contributed by atoms with Gasteiger partial charge < -0.3 is 15.0 Å². The number of hydrogen-bond donors (Lipinski definition) is 1. The summed E-state index contributed by atoms with van der Waals surface area (Å²) in [6.07, 6.45) is 5.46. The van der Waals surface area contributed by atoms with Gasteiger partial charge in [0.15, 0.2) is 5.82 Å². The molecule has 2 aromatic rings. The molecular weight excluding hydrogens is 236 g/mol. The minimum atomic E-state index is 0.150. The third-order valence-corrected chi connectivity index (χ3v) is 3.95. The molecule has 0 spiro atoms. The predicted octanol–water partition coefficient (Wildman–Crippen LogP) is 2.21. The van der Waals surface area contributed by atoms with Crippen LogP contribution in [0.15, 0.2) is 24.4 Å². The molecule has 3 rings (SSSR count). The summed E-state index contributed by atoms with van der Waals surface area (Å²) in [7, 11) is 0. The van der Waals surface area contributed by atoms with Crippen molar-refractivity contribution in [3.8, 4) is 0 Å². The van der Waals surface area contributed by atoms with Crippen LogP contribution >= 0.6 is 0 Å². The molecule has 4 heteroatoms. The van der Waals surface area contributed by atoms with Gasteiger partial charge in [0.05, 0.1) is 5.69 Å². The second-order valence-electron chi connectivity index (χ2n) is 5.68. The minimum absolute atomic E-state index is 0.150. The van der Waals surface area contributed by atoms with E-state index in [1.54, 1.807) is 0 Å². The zero-order valence-corrected chi connectivity index (χ0v) is 11.7. The van der Waals surface area contributed by atoms with E-state index in [2.05, 4.69) is 41.5 Å². The largest absolute Gasteiger partial charge is 0.352 e. The standard InChI is InChI=1S/C15H22N4/c1-11(16)10-13-15(18-9-5-6-12(18)2)17-14-7-3-4-8-19(13)14/h3-4,7-8,11-12H,5-6,9-10,16H2,1-2H3. The van der Waals surface area contributed by atoms with Crippen LogP contribution in [0.5, 0.6) is 0 Å². The number of anilines is 1. The molecule has 1 fully saturated rings. The summed E-state index contributed by atoms with van der Waals surface area (Å²) in [6.45, 7) is 5.45. The SMILES string of the molecule is CC(N)Cc1c(N2CCCC2C)nc2ccccn12. The Labute approximate surface area is 114 Å².